The van der Waals surface area contributed by atoms with Crippen LogP contribution in [0.1, 0.15) is 89.0 Å². The summed E-state index contributed by atoms with van der Waals surface area (Å²) < 4.78 is 17.3. The first-order chi connectivity index (χ1) is 34.1. The zero-order valence-electron chi connectivity index (χ0n) is 39.8. The number of aromatic amines is 1. The summed E-state index contributed by atoms with van der Waals surface area (Å²) in [5.41, 5.74) is 8.82. The number of likely N-dealkylation sites (tertiary alicyclic amines) is 1. The Hall–Kier alpha value is -7.06. The SMILES string of the molecule is CN.CN1CCC(Nc2cccc(C(=O)NCc3ccc(OCCCCCOCCCOCC(=O)Nc4cccc5c4CN(C4CCC(=O)NC4=O)C5=O)cc3)c2)(c2nc(-c3ccncc3)n[nH]2)CC1. The molecule has 1 unspecified atom stereocenters. The molecule has 0 bridgehead atoms. The van der Waals surface area contributed by atoms with Crippen LogP contribution in [-0.2, 0) is 42.5 Å². The third-order valence-electron chi connectivity index (χ3n) is 12.5. The topological polar surface area (TPSA) is 248 Å². The first-order valence-corrected chi connectivity index (χ1v) is 23.8. The van der Waals surface area contributed by atoms with Crippen LogP contribution in [0.2, 0.25) is 0 Å². The Kier molecular flexibility index (Phi) is 18.1. The summed E-state index contributed by atoms with van der Waals surface area (Å²) in [5, 5.41) is 19.6. The second-order valence-electron chi connectivity index (χ2n) is 17.4. The third-order valence-corrected chi connectivity index (χ3v) is 12.5. The fraction of sp³-hybridized carbons (Fsp3) is 0.412. The Morgan fingerprint density at radius 2 is 1.61 bits per heavy atom. The zero-order chi connectivity index (χ0) is 49.3. The molecule has 7 N–H and O–H groups in total. The van der Waals surface area contributed by atoms with E-state index in [1.165, 1.54) is 11.9 Å². The molecule has 2 fully saturated rings. The van der Waals surface area contributed by atoms with Gasteiger partial charge in [-0.25, -0.2) is 4.98 Å². The van der Waals surface area contributed by atoms with Crippen molar-refractivity contribution in [3.8, 4) is 17.1 Å². The standard InChI is InChI=1S/C50H58N10O8.CH5N/c1-59-24-20-50(21-25-59,49-55-45(57-58-49)35-18-22-51-23-19-35)56-37-9-5-8-36(30-37)46(63)52-31-34-12-14-38(15-13-34)68-29-4-2-3-26-66-27-7-28-67-33-44(62)53-41-11-6-10-39-40(41)32-60(48(39)65)42-16-17-43(61)54-47(42)64;1-2/h5-6,8-15,18-19,22-23,30,42,56H,2-4,7,16-17,20-21,24-29,31-33H2,1H3,(H,52,63)(H,53,62)(H,54,61,64)(H,55,57,58);2H2,1H3. The quantitative estimate of drug-likeness (QED) is 0.0404. The lowest BCUT2D eigenvalue weighted by atomic mass is 9.86. The molecule has 370 valence electrons. The number of hydrogen-bond donors (Lipinski definition) is 6. The lowest BCUT2D eigenvalue weighted by Gasteiger charge is -2.40. The second-order valence-corrected chi connectivity index (χ2v) is 17.4. The lowest BCUT2D eigenvalue weighted by Crippen LogP contribution is -2.52. The number of carbonyl (C=O) groups is 5. The van der Waals surface area contributed by atoms with Gasteiger partial charge in [0.05, 0.1) is 12.1 Å². The number of benzene rings is 3. The van der Waals surface area contributed by atoms with Crippen LogP contribution in [0.5, 0.6) is 5.75 Å². The number of nitrogens with one attached hydrogen (secondary N) is 5. The molecule has 2 saturated heterocycles. The Labute approximate surface area is 407 Å². The summed E-state index contributed by atoms with van der Waals surface area (Å²) in [5.74, 6) is 0.513. The maximum atomic E-state index is 13.3. The third kappa shape index (κ3) is 13.4. The smallest absolute Gasteiger partial charge is 0.255 e. The number of nitrogens with zero attached hydrogens (tertiary/aromatic N) is 5. The summed E-state index contributed by atoms with van der Waals surface area (Å²) in [6, 6.07) is 23.4. The van der Waals surface area contributed by atoms with Crippen LogP contribution >= 0.6 is 0 Å². The molecule has 5 amide bonds. The lowest BCUT2D eigenvalue weighted by molar-refractivity contribution is -0.137. The summed E-state index contributed by atoms with van der Waals surface area (Å²) >= 11 is 0. The van der Waals surface area contributed by atoms with Gasteiger partial charge in [-0.2, -0.15) is 5.10 Å². The van der Waals surface area contributed by atoms with E-state index in [0.717, 1.165) is 73.6 Å². The molecule has 8 rings (SSSR count). The van der Waals surface area contributed by atoms with Crippen LogP contribution in [-0.4, -0.2) is 126 Å². The Bertz CT molecular complexity index is 2550. The van der Waals surface area contributed by atoms with Crippen molar-refractivity contribution >= 4 is 40.9 Å². The second kappa shape index (κ2) is 25.0. The highest BCUT2D eigenvalue weighted by Gasteiger charge is 2.41. The minimum atomic E-state index is -0.728. The van der Waals surface area contributed by atoms with Gasteiger partial charge in [0.25, 0.3) is 11.8 Å². The zero-order valence-corrected chi connectivity index (χ0v) is 39.8. The van der Waals surface area contributed by atoms with Gasteiger partial charge in [-0.1, -0.05) is 24.3 Å². The number of anilines is 2. The number of amides is 5. The Balaban J connectivity index is 0.00000356. The number of rotatable bonds is 22. The molecule has 0 aliphatic carbocycles. The number of imide groups is 1. The molecule has 2 aromatic heterocycles. The van der Waals surface area contributed by atoms with Crippen LogP contribution in [0.4, 0.5) is 11.4 Å². The molecule has 0 spiro atoms. The molecule has 1 atom stereocenters. The van der Waals surface area contributed by atoms with Crippen LogP contribution in [0.3, 0.4) is 0 Å². The van der Waals surface area contributed by atoms with Crippen molar-refractivity contribution in [2.45, 2.75) is 76.0 Å². The fourth-order valence-corrected chi connectivity index (χ4v) is 8.62. The van der Waals surface area contributed by atoms with E-state index in [9.17, 15) is 24.0 Å². The molecular formula is C51H63N11O8. The molecule has 19 heteroatoms. The summed E-state index contributed by atoms with van der Waals surface area (Å²) in [6.45, 7) is 4.23. The average Bonchev–Trinajstić information content (AvgIpc) is 4.02. The van der Waals surface area contributed by atoms with E-state index in [1.807, 2.05) is 60.7 Å². The monoisotopic (exact) mass is 957 g/mol. The molecule has 3 aliphatic heterocycles. The maximum Gasteiger partial charge on any atom is 0.255 e. The molecule has 5 aromatic rings. The number of H-pyrrole nitrogens is 1. The van der Waals surface area contributed by atoms with Crippen molar-refractivity contribution < 1.29 is 38.2 Å². The van der Waals surface area contributed by atoms with Gasteiger partial charge in [-0.15, -0.1) is 0 Å². The molecule has 3 aromatic carbocycles. The summed E-state index contributed by atoms with van der Waals surface area (Å²) in [6.07, 6.45) is 8.88. The minimum absolute atomic E-state index is 0.149. The first-order valence-electron chi connectivity index (χ1n) is 23.8. The number of piperidine rings is 2. The minimum Gasteiger partial charge on any atom is -0.494 e. The molecule has 19 nitrogen and oxygen atoms in total. The number of nitrogens with two attached hydrogens (primary N) is 1. The van der Waals surface area contributed by atoms with E-state index in [-0.39, 0.29) is 49.6 Å². The van der Waals surface area contributed by atoms with E-state index in [1.54, 1.807) is 30.6 Å². The van der Waals surface area contributed by atoms with Crippen molar-refractivity contribution in [1.82, 2.24) is 40.6 Å². The van der Waals surface area contributed by atoms with E-state index in [2.05, 4.69) is 54.1 Å². The van der Waals surface area contributed by atoms with Crippen LogP contribution in [0.15, 0.2) is 91.3 Å². The average molecular weight is 958 g/mol. The highest BCUT2D eigenvalue weighted by atomic mass is 16.5. The van der Waals surface area contributed by atoms with Gasteiger partial charge in [0, 0.05) is 98.4 Å². The number of carbonyl (C=O) groups excluding carboxylic acids is 5. The predicted molar refractivity (Wildman–Crippen MR) is 263 cm³/mol. The highest BCUT2D eigenvalue weighted by molar-refractivity contribution is 6.07. The van der Waals surface area contributed by atoms with Crippen molar-refractivity contribution in [3.63, 3.8) is 0 Å². The number of fused-ring (bicyclic) bond motifs is 1. The van der Waals surface area contributed by atoms with E-state index >= 15 is 0 Å². The van der Waals surface area contributed by atoms with Crippen molar-refractivity contribution in [3.05, 3.63) is 119 Å². The van der Waals surface area contributed by atoms with Crippen LogP contribution < -0.4 is 31.7 Å². The molecular weight excluding hydrogens is 895 g/mol. The molecule has 5 heterocycles. The maximum absolute atomic E-state index is 13.3. The normalized spacial score (nSPS) is 16.4. The fourth-order valence-electron chi connectivity index (χ4n) is 8.62. The Morgan fingerprint density at radius 1 is 0.871 bits per heavy atom. The number of ether oxygens (including phenoxy) is 3. The van der Waals surface area contributed by atoms with Crippen molar-refractivity contribution in [2.24, 2.45) is 5.73 Å². The van der Waals surface area contributed by atoms with Gasteiger partial charge < -0.3 is 45.7 Å². The number of hydrogen-bond acceptors (Lipinski definition) is 14. The Morgan fingerprint density at radius 3 is 2.40 bits per heavy atom. The summed E-state index contributed by atoms with van der Waals surface area (Å²) in [7, 11) is 3.62. The molecule has 0 radical (unpaired) electrons. The van der Waals surface area contributed by atoms with Gasteiger partial charge in [0.15, 0.2) is 11.6 Å². The van der Waals surface area contributed by atoms with E-state index in [0.29, 0.717) is 67.6 Å². The highest BCUT2D eigenvalue weighted by Crippen LogP contribution is 2.36. The van der Waals surface area contributed by atoms with Gasteiger partial charge in [0.1, 0.15) is 18.4 Å². The van der Waals surface area contributed by atoms with E-state index < -0.39 is 17.5 Å². The van der Waals surface area contributed by atoms with E-state index in [4.69, 9.17) is 19.2 Å². The van der Waals surface area contributed by atoms with Crippen LogP contribution in [0.25, 0.3) is 11.4 Å². The molecule has 3 aliphatic rings. The number of aromatic nitrogens is 4. The first kappa shape index (κ1) is 50.8. The predicted octanol–water partition coefficient (Wildman–Crippen LogP) is 4.78. The van der Waals surface area contributed by atoms with Crippen molar-refractivity contribution in [2.75, 3.05) is 70.9 Å². The van der Waals surface area contributed by atoms with Gasteiger partial charge in [-0.05, 0) is 119 Å². The molecule has 70 heavy (non-hydrogen) atoms. The van der Waals surface area contributed by atoms with Gasteiger partial charge in [0.2, 0.25) is 17.7 Å². The van der Waals surface area contributed by atoms with Gasteiger partial charge in [-0.3, -0.25) is 39.4 Å². The molecule has 0 saturated carbocycles. The number of unbranched alkanes of at least 4 members (excludes halogenated alkanes) is 2. The van der Waals surface area contributed by atoms with Gasteiger partial charge >= 0.3 is 0 Å². The largest absolute Gasteiger partial charge is 0.494 e. The number of pyridine rings is 1. The summed E-state index contributed by atoms with van der Waals surface area (Å²) in [4.78, 5) is 75.7. The van der Waals surface area contributed by atoms with Crippen molar-refractivity contribution in [1.29, 1.82) is 0 Å². The van der Waals surface area contributed by atoms with Crippen LogP contribution in [0, 0.1) is 0 Å².